The number of aromatic amines is 1. The van der Waals surface area contributed by atoms with Crippen molar-refractivity contribution < 1.29 is 9.84 Å². The fourth-order valence-corrected chi connectivity index (χ4v) is 3.28. The molecule has 1 unspecified atom stereocenters. The van der Waals surface area contributed by atoms with Crippen molar-refractivity contribution in [1.29, 1.82) is 0 Å². The minimum Gasteiger partial charge on any atom is -0.494 e. The lowest BCUT2D eigenvalue weighted by Gasteiger charge is -2.26. The molecule has 5 N–H and O–H groups in total. The third kappa shape index (κ3) is 3.76. The first-order valence-electron chi connectivity index (χ1n) is 9.27. The summed E-state index contributed by atoms with van der Waals surface area (Å²) in [6.07, 6.45) is 3.20. The van der Waals surface area contributed by atoms with E-state index in [0.29, 0.717) is 18.9 Å². The highest BCUT2D eigenvalue weighted by Gasteiger charge is 2.23. The van der Waals surface area contributed by atoms with Crippen LogP contribution in [0.2, 0.25) is 0 Å². The highest BCUT2D eigenvalue weighted by Crippen LogP contribution is 2.32. The van der Waals surface area contributed by atoms with E-state index in [-0.39, 0.29) is 6.04 Å². The van der Waals surface area contributed by atoms with Crippen LogP contribution in [0.25, 0.3) is 11.1 Å². The molecule has 0 spiro atoms. The molecule has 2 heterocycles. The first-order chi connectivity index (χ1) is 13.6. The molecule has 2 aromatic carbocycles. The number of amidine groups is 1. The quantitative estimate of drug-likeness (QED) is 0.528. The fraction of sp³-hybridized carbons (Fsp3) is 0.238. The van der Waals surface area contributed by atoms with Gasteiger partial charge in [-0.25, -0.2) is 4.99 Å². The Hall–Kier alpha value is -3.16. The van der Waals surface area contributed by atoms with Crippen molar-refractivity contribution in [2.75, 3.05) is 11.9 Å². The molecular formula is C21H23N5O2. The monoisotopic (exact) mass is 377 g/mol. The van der Waals surface area contributed by atoms with Crippen molar-refractivity contribution in [3.63, 3.8) is 0 Å². The number of aliphatic imine (C=N–C) groups is 1. The molecule has 4 rings (SSSR count). The second kappa shape index (κ2) is 7.84. The summed E-state index contributed by atoms with van der Waals surface area (Å²) in [5.74, 6) is 1.41. The molecule has 0 fully saturated rings. The van der Waals surface area contributed by atoms with E-state index < -0.39 is 6.23 Å². The number of rotatable bonds is 6. The largest absolute Gasteiger partial charge is 0.494 e. The summed E-state index contributed by atoms with van der Waals surface area (Å²) in [6.45, 7) is 2.59. The van der Waals surface area contributed by atoms with Gasteiger partial charge in [0, 0.05) is 23.0 Å². The van der Waals surface area contributed by atoms with E-state index in [2.05, 4.69) is 20.5 Å². The number of H-pyrrole nitrogens is 1. The summed E-state index contributed by atoms with van der Waals surface area (Å²) < 4.78 is 5.47. The van der Waals surface area contributed by atoms with Gasteiger partial charge in [0.15, 0.2) is 6.23 Å². The van der Waals surface area contributed by atoms with Crippen LogP contribution in [0.5, 0.6) is 5.75 Å². The number of nitrogens with one attached hydrogen (secondary N) is 2. The molecule has 2 atom stereocenters. The predicted molar refractivity (Wildman–Crippen MR) is 109 cm³/mol. The molecule has 0 saturated carbocycles. The van der Waals surface area contributed by atoms with Crippen molar-refractivity contribution in [2.24, 2.45) is 10.7 Å². The lowest BCUT2D eigenvalue weighted by Crippen LogP contribution is -2.39. The number of ether oxygens (including phenoxy) is 1. The van der Waals surface area contributed by atoms with Gasteiger partial charge in [0.2, 0.25) is 0 Å². The van der Waals surface area contributed by atoms with Crippen molar-refractivity contribution in [3.05, 3.63) is 66.0 Å². The first-order valence-corrected chi connectivity index (χ1v) is 9.27. The zero-order chi connectivity index (χ0) is 19.5. The number of nitrogens with two attached hydrogens (primary N) is 1. The Balaban J connectivity index is 1.49. The van der Waals surface area contributed by atoms with Crippen LogP contribution >= 0.6 is 0 Å². The van der Waals surface area contributed by atoms with Gasteiger partial charge in [-0.05, 0) is 48.7 Å². The van der Waals surface area contributed by atoms with Gasteiger partial charge >= 0.3 is 0 Å². The zero-order valence-electron chi connectivity index (χ0n) is 15.6. The second-order valence-corrected chi connectivity index (χ2v) is 6.69. The Morgan fingerprint density at radius 2 is 2.00 bits per heavy atom. The van der Waals surface area contributed by atoms with Gasteiger partial charge in [-0.2, -0.15) is 5.10 Å². The Bertz CT molecular complexity index is 967. The molecule has 0 bridgehead atoms. The number of nitrogens with zero attached hydrogens (tertiary/aromatic N) is 2. The lowest BCUT2D eigenvalue weighted by atomic mass is 10.0. The van der Waals surface area contributed by atoms with Crippen LogP contribution < -0.4 is 15.8 Å². The molecule has 1 aliphatic heterocycles. The third-order valence-corrected chi connectivity index (χ3v) is 4.73. The molecule has 0 aliphatic carbocycles. The van der Waals surface area contributed by atoms with Crippen molar-refractivity contribution >= 4 is 11.5 Å². The van der Waals surface area contributed by atoms with Gasteiger partial charge < -0.3 is 20.9 Å². The van der Waals surface area contributed by atoms with Gasteiger partial charge in [0.05, 0.1) is 18.8 Å². The van der Waals surface area contributed by atoms with Crippen molar-refractivity contribution in [2.45, 2.75) is 25.6 Å². The van der Waals surface area contributed by atoms with Crippen LogP contribution in [0.15, 0.2) is 59.9 Å². The molecule has 28 heavy (non-hydrogen) atoms. The van der Waals surface area contributed by atoms with Crippen molar-refractivity contribution in [3.8, 4) is 16.9 Å². The van der Waals surface area contributed by atoms with Gasteiger partial charge in [0.1, 0.15) is 11.6 Å². The molecule has 0 radical (unpaired) electrons. The summed E-state index contributed by atoms with van der Waals surface area (Å²) in [5.41, 5.74) is 10.9. The standard InChI is InChI=1S/C21H23N5O2/c1-2-28-16-6-3-13(4-7-16)9-18(22)20-25-19-8-5-14(15-11-23-24-12-15)10-17(19)21(27)26-20/h3-8,10-12,18,21,27H,2,9,22H2,1H3,(H,23,24)(H,25,26)/t18-,21?/m1/s1. The van der Waals surface area contributed by atoms with Gasteiger partial charge in [-0.1, -0.05) is 18.2 Å². The molecule has 7 nitrogen and oxygen atoms in total. The van der Waals surface area contributed by atoms with Crippen LogP contribution in [0, 0.1) is 0 Å². The number of aliphatic hydroxyl groups is 1. The number of aliphatic hydroxyl groups excluding tert-OH is 1. The minimum atomic E-state index is -0.954. The van der Waals surface area contributed by atoms with Crippen molar-refractivity contribution in [1.82, 2.24) is 10.2 Å². The van der Waals surface area contributed by atoms with Gasteiger partial charge in [0.25, 0.3) is 0 Å². The normalized spacial score (nSPS) is 16.7. The highest BCUT2D eigenvalue weighted by atomic mass is 16.5. The van der Waals surface area contributed by atoms with Crippen LogP contribution in [0.1, 0.15) is 24.3 Å². The Kier molecular flexibility index (Phi) is 5.10. The van der Waals surface area contributed by atoms with Crippen LogP contribution in [-0.4, -0.2) is 33.8 Å². The molecule has 7 heteroatoms. The molecule has 1 aromatic heterocycles. The van der Waals surface area contributed by atoms with E-state index in [1.54, 1.807) is 6.20 Å². The molecule has 0 saturated heterocycles. The summed E-state index contributed by atoms with van der Waals surface area (Å²) in [7, 11) is 0. The SMILES string of the molecule is CCOc1ccc(C[C@@H](N)C2=NC(O)c3cc(-c4cn[nH]c4)ccc3N2)cc1. The summed E-state index contributed by atoms with van der Waals surface area (Å²) >= 11 is 0. The third-order valence-electron chi connectivity index (χ3n) is 4.73. The average Bonchev–Trinajstić information content (AvgIpc) is 3.24. The van der Waals surface area contributed by atoms with Crippen LogP contribution in [0.4, 0.5) is 5.69 Å². The van der Waals surface area contributed by atoms with E-state index in [9.17, 15) is 5.11 Å². The Labute approximate surface area is 163 Å². The van der Waals surface area contributed by atoms with E-state index in [4.69, 9.17) is 10.5 Å². The topological polar surface area (TPSA) is 109 Å². The highest BCUT2D eigenvalue weighted by molar-refractivity contribution is 6.01. The Morgan fingerprint density at radius 1 is 1.18 bits per heavy atom. The summed E-state index contributed by atoms with van der Waals surface area (Å²) in [5, 5.41) is 20.6. The van der Waals surface area contributed by atoms with E-state index in [1.807, 2.05) is 55.6 Å². The minimum absolute atomic E-state index is 0.353. The van der Waals surface area contributed by atoms with E-state index in [0.717, 1.165) is 33.7 Å². The Morgan fingerprint density at radius 3 is 2.71 bits per heavy atom. The number of hydrogen-bond acceptors (Lipinski definition) is 6. The van der Waals surface area contributed by atoms with E-state index >= 15 is 0 Å². The lowest BCUT2D eigenvalue weighted by molar-refractivity contribution is 0.187. The first kappa shape index (κ1) is 18.2. The zero-order valence-corrected chi connectivity index (χ0v) is 15.6. The average molecular weight is 377 g/mol. The van der Waals surface area contributed by atoms with Crippen LogP contribution in [0.3, 0.4) is 0 Å². The molecule has 144 valence electrons. The maximum absolute atomic E-state index is 10.5. The second-order valence-electron chi connectivity index (χ2n) is 6.69. The smallest absolute Gasteiger partial charge is 0.175 e. The van der Waals surface area contributed by atoms with Crippen LogP contribution in [-0.2, 0) is 6.42 Å². The number of hydrogen-bond donors (Lipinski definition) is 4. The van der Waals surface area contributed by atoms with Gasteiger partial charge in [-0.3, -0.25) is 5.10 Å². The number of aromatic nitrogens is 2. The van der Waals surface area contributed by atoms with Gasteiger partial charge in [-0.15, -0.1) is 0 Å². The predicted octanol–water partition coefficient (Wildman–Crippen LogP) is 2.86. The number of benzene rings is 2. The molecular weight excluding hydrogens is 354 g/mol. The molecule has 3 aromatic rings. The maximum Gasteiger partial charge on any atom is 0.175 e. The van der Waals surface area contributed by atoms with E-state index in [1.165, 1.54) is 0 Å². The number of fused-ring (bicyclic) bond motifs is 1. The summed E-state index contributed by atoms with van der Waals surface area (Å²) in [6, 6.07) is 13.3. The maximum atomic E-state index is 10.5. The fourth-order valence-electron chi connectivity index (χ4n) is 3.28. The number of anilines is 1. The molecule has 1 aliphatic rings. The molecule has 0 amide bonds. The summed E-state index contributed by atoms with van der Waals surface area (Å²) in [4.78, 5) is 4.38.